The first-order valence-corrected chi connectivity index (χ1v) is 19.4. The summed E-state index contributed by atoms with van der Waals surface area (Å²) in [6.45, 7) is 8.91. The summed E-state index contributed by atoms with van der Waals surface area (Å²) >= 11 is 0. The van der Waals surface area contributed by atoms with E-state index in [0.29, 0.717) is 72.4 Å². The maximum atomic E-state index is 17.3. The summed E-state index contributed by atoms with van der Waals surface area (Å²) in [6.07, 6.45) is 7.17. The molecular formula is C41H49F2N5O5. The summed E-state index contributed by atoms with van der Waals surface area (Å²) in [5, 5.41) is 23.2. The zero-order chi connectivity index (χ0) is 36.6. The van der Waals surface area contributed by atoms with Gasteiger partial charge in [-0.15, -0.1) is 0 Å². The number of nitrogens with zero attached hydrogens (tertiary/aromatic N) is 5. The summed E-state index contributed by atoms with van der Waals surface area (Å²) in [5.74, 6) is 1.34. The highest BCUT2D eigenvalue weighted by Crippen LogP contribution is 2.54. The molecule has 2 aromatic carbocycles. The SMILES string of the molecule is CCc1c(F)ccc2cc(O)cc(-c3nc(OC)c4c(N5CCC[C@@](C)(O)C5)nc(OC[C@]56CCC[C@H]5N(CC5[C@H]7COC[C@@H]57)CCC6)nc4c3F)c12. The normalized spacial score (nSPS) is 29.8. The van der Waals surface area contributed by atoms with Crippen molar-refractivity contribution in [2.24, 2.45) is 23.2 Å². The number of hydrogen-bond donors (Lipinski definition) is 2. The number of aryl methyl sites for hydroxylation is 1. The van der Waals surface area contributed by atoms with Gasteiger partial charge in [0.1, 0.15) is 34.0 Å². The van der Waals surface area contributed by atoms with Crippen molar-refractivity contribution in [3.05, 3.63) is 41.5 Å². The largest absolute Gasteiger partial charge is 0.508 e. The Hall–Kier alpha value is -3.87. The molecule has 0 bridgehead atoms. The molecule has 0 radical (unpaired) electrons. The van der Waals surface area contributed by atoms with Crippen LogP contribution in [-0.4, -0.2) is 94.8 Å². The number of aromatic nitrogens is 3. The lowest BCUT2D eigenvalue weighted by Crippen LogP contribution is -2.52. The number of hydrogen-bond acceptors (Lipinski definition) is 10. The third-order valence-corrected chi connectivity index (χ3v) is 13.1. The molecule has 5 aliphatic rings. The van der Waals surface area contributed by atoms with Crippen LogP contribution in [0.25, 0.3) is 32.9 Å². The van der Waals surface area contributed by atoms with Crippen LogP contribution in [0.4, 0.5) is 14.6 Å². The molecule has 4 aromatic rings. The van der Waals surface area contributed by atoms with Gasteiger partial charge in [0, 0.05) is 36.7 Å². The summed E-state index contributed by atoms with van der Waals surface area (Å²) in [5.41, 5.74) is -0.567. The Balaban J connectivity index is 1.14. The van der Waals surface area contributed by atoms with E-state index in [9.17, 15) is 10.2 Å². The number of fused-ring (bicyclic) bond motifs is 4. The van der Waals surface area contributed by atoms with E-state index in [4.69, 9.17) is 24.2 Å². The average molecular weight is 730 g/mol. The topological polar surface area (TPSA) is 113 Å². The van der Waals surface area contributed by atoms with E-state index in [-0.39, 0.29) is 51.8 Å². The van der Waals surface area contributed by atoms with Gasteiger partial charge in [-0.25, -0.2) is 13.8 Å². The predicted octanol–water partition coefficient (Wildman–Crippen LogP) is 6.66. The molecule has 2 aliphatic carbocycles. The summed E-state index contributed by atoms with van der Waals surface area (Å²) in [6, 6.07) is 6.35. The lowest BCUT2D eigenvalue weighted by Gasteiger charge is -2.46. The van der Waals surface area contributed by atoms with E-state index >= 15 is 8.78 Å². The molecule has 10 nitrogen and oxygen atoms in total. The minimum atomic E-state index is -0.982. The van der Waals surface area contributed by atoms with Crippen LogP contribution < -0.4 is 14.4 Å². The molecule has 12 heteroatoms. The van der Waals surface area contributed by atoms with E-state index in [0.717, 1.165) is 64.3 Å². The number of benzene rings is 2. The number of ether oxygens (including phenoxy) is 3. The van der Waals surface area contributed by atoms with Crippen LogP contribution >= 0.6 is 0 Å². The van der Waals surface area contributed by atoms with E-state index in [1.165, 1.54) is 25.3 Å². The number of halogens is 2. The number of aliphatic hydroxyl groups is 1. The third-order valence-electron chi connectivity index (χ3n) is 13.1. The van der Waals surface area contributed by atoms with Gasteiger partial charge in [0.05, 0.1) is 32.5 Å². The van der Waals surface area contributed by atoms with Gasteiger partial charge in [-0.1, -0.05) is 19.4 Å². The number of pyridine rings is 1. The maximum absolute atomic E-state index is 17.3. The standard InChI is InChI=1S/C41H49F2N5O5/c1-4-25-30(42)10-9-23-16-24(49)17-26(32(23)25)35-34(43)36-33(38(44-35)51-3)37(48-15-6-11-40(2,50)21-48)46-39(45-36)53-22-41-12-5-8-31(41)47(14-7-13-41)18-27-28-19-52-20-29(27)28/h9-10,16-17,27-29,31,49-50H,4-8,11-15,18-22H2,1-3H3/t27?,28-,29+,31-,40-,41-/m1/s1. The minimum absolute atomic E-state index is 0.0451. The molecule has 2 saturated carbocycles. The molecule has 0 amide bonds. The average Bonchev–Trinajstić information content (AvgIpc) is 3.45. The van der Waals surface area contributed by atoms with Gasteiger partial charge >= 0.3 is 6.01 Å². The van der Waals surface area contributed by atoms with Gasteiger partial charge in [-0.05, 0) is 111 Å². The molecule has 6 atom stereocenters. The monoisotopic (exact) mass is 729 g/mol. The highest BCUT2D eigenvalue weighted by molar-refractivity contribution is 6.03. The molecular weight excluding hydrogens is 680 g/mol. The Bertz CT molecular complexity index is 2070. The van der Waals surface area contributed by atoms with Crippen molar-refractivity contribution in [3.63, 3.8) is 0 Å². The van der Waals surface area contributed by atoms with Crippen LogP contribution in [0.2, 0.25) is 0 Å². The van der Waals surface area contributed by atoms with Crippen LogP contribution in [0.5, 0.6) is 17.6 Å². The van der Waals surface area contributed by atoms with Crippen LogP contribution in [0.1, 0.15) is 64.4 Å². The highest BCUT2D eigenvalue weighted by Gasteiger charge is 2.56. The van der Waals surface area contributed by atoms with Gasteiger partial charge in [-0.3, -0.25) is 4.90 Å². The molecule has 53 heavy (non-hydrogen) atoms. The molecule has 5 fully saturated rings. The highest BCUT2D eigenvalue weighted by atomic mass is 19.1. The smallest absolute Gasteiger partial charge is 0.319 e. The van der Waals surface area contributed by atoms with Gasteiger partial charge in [-0.2, -0.15) is 9.97 Å². The predicted molar refractivity (Wildman–Crippen MR) is 198 cm³/mol. The van der Waals surface area contributed by atoms with E-state index in [2.05, 4.69) is 9.88 Å². The quantitative estimate of drug-likeness (QED) is 0.194. The first kappa shape index (κ1) is 34.9. The molecule has 282 valence electrons. The lowest BCUT2D eigenvalue weighted by atomic mass is 9.75. The first-order chi connectivity index (χ1) is 25.6. The molecule has 1 unspecified atom stereocenters. The van der Waals surface area contributed by atoms with Gasteiger partial charge in [0.15, 0.2) is 5.82 Å². The second-order valence-corrected chi connectivity index (χ2v) is 16.5. The van der Waals surface area contributed by atoms with Crippen molar-refractivity contribution in [3.8, 4) is 28.9 Å². The zero-order valence-corrected chi connectivity index (χ0v) is 30.8. The van der Waals surface area contributed by atoms with Crippen molar-refractivity contribution in [2.75, 3.05) is 58.0 Å². The molecule has 2 N–H and O–H groups in total. The number of aromatic hydroxyl groups is 1. The van der Waals surface area contributed by atoms with Crippen LogP contribution in [0.15, 0.2) is 24.3 Å². The molecule has 3 aliphatic heterocycles. The van der Waals surface area contributed by atoms with Crippen LogP contribution in [-0.2, 0) is 11.2 Å². The van der Waals surface area contributed by atoms with Crippen molar-refractivity contribution >= 4 is 27.5 Å². The second kappa shape index (κ2) is 13.2. The van der Waals surface area contributed by atoms with Gasteiger partial charge in [0.2, 0.25) is 5.88 Å². The summed E-state index contributed by atoms with van der Waals surface area (Å²) in [7, 11) is 1.46. The fourth-order valence-corrected chi connectivity index (χ4v) is 10.5. The molecule has 5 heterocycles. The van der Waals surface area contributed by atoms with E-state index in [1.807, 2.05) is 11.8 Å². The van der Waals surface area contributed by atoms with Crippen LogP contribution in [0.3, 0.4) is 0 Å². The number of β-amino-alcohol motifs (C(OH)–C–C–N with tert-alkyl or cyclic N) is 1. The van der Waals surface area contributed by atoms with Crippen LogP contribution in [0, 0.1) is 34.8 Å². The Morgan fingerprint density at radius 3 is 2.57 bits per heavy atom. The van der Waals surface area contributed by atoms with Crippen molar-refractivity contribution in [2.45, 2.75) is 76.9 Å². The molecule has 0 spiro atoms. The number of rotatable bonds is 9. The number of piperidine rings is 2. The zero-order valence-electron chi connectivity index (χ0n) is 30.8. The van der Waals surface area contributed by atoms with E-state index < -0.39 is 17.2 Å². The Morgan fingerprint density at radius 1 is 1.00 bits per heavy atom. The fourth-order valence-electron chi connectivity index (χ4n) is 10.5. The number of likely N-dealkylation sites (tertiary alicyclic amines) is 1. The minimum Gasteiger partial charge on any atom is -0.508 e. The summed E-state index contributed by atoms with van der Waals surface area (Å²) < 4.78 is 50.6. The van der Waals surface area contributed by atoms with E-state index in [1.54, 1.807) is 13.0 Å². The number of anilines is 1. The lowest BCUT2D eigenvalue weighted by molar-refractivity contribution is -0.00619. The first-order valence-electron chi connectivity index (χ1n) is 19.4. The Morgan fingerprint density at radius 2 is 1.79 bits per heavy atom. The number of phenolic OH excluding ortho intramolecular Hbond substituents is 1. The van der Waals surface area contributed by atoms with Crippen molar-refractivity contribution < 1.29 is 33.2 Å². The second-order valence-electron chi connectivity index (χ2n) is 16.5. The number of methoxy groups -OCH3 is 1. The van der Waals surface area contributed by atoms with Gasteiger partial charge < -0.3 is 29.3 Å². The Labute approximate surface area is 308 Å². The molecule has 9 rings (SSSR count). The molecule has 3 saturated heterocycles. The summed E-state index contributed by atoms with van der Waals surface area (Å²) in [4.78, 5) is 19.0. The third kappa shape index (κ3) is 5.96. The van der Waals surface area contributed by atoms with Gasteiger partial charge in [0.25, 0.3) is 0 Å². The Kier molecular flexibility index (Phi) is 8.66. The maximum Gasteiger partial charge on any atom is 0.319 e. The number of phenols is 1. The fraction of sp³-hybridized carbons (Fsp3) is 0.585. The van der Waals surface area contributed by atoms with Crippen molar-refractivity contribution in [1.29, 1.82) is 0 Å². The molecule has 2 aromatic heterocycles. The van der Waals surface area contributed by atoms with Crippen molar-refractivity contribution in [1.82, 2.24) is 19.9 Å².